The Labute approximate surface area is 165 Å². The van der Waals surface area contributed by atoms with Crippen LogP contribution in [0.4, 0.5) is 0 Å². The molecule has 1 aromatic carbocycles. The SMILES string of the molecule is CCCCC(=O)N1CCC(NC(=O)CCN2C(=O)c3ccccc3C2=O)CC1. The van der Waals surface area contributed by atoms with Crippen LogP contribution in [0.2, 0.25) is 0 Å². The van der Waals surface area contributed by atoms with E-state index < -0.39 is 0 Å². The first-order valence-corrected chi connectivity index (χ1v) is 10.0. The quantitative estimate of drug-likeness (QED) is 0.727. The van der Waals surface area contributed by atoms with Gasteiger partial charge in [0.25, 0.3) is 11.8 Å². The Morgan fingerprint density at radius 2 is 1.64 bits per heavy atom. The Morgan fingerprint density at radius 3 is 2.21 bits per heavy atom. The third-order valence-electron chi connectivity index (χ3n) is 5.40. The number of amides is 4. The highest BCUT2D eigenvalue weighted by Gasteiger charge is 2.35. The van der Waals surface area contributed by atoms with Crippen LogP contribution in [0.25, 0.3) is 0 Å². The molecule has 150 valence electrons. The van der Waals surface area contributed by atoms with Crippen LogP contribution in [0.3, 0.4) is 0 Å². The number of carbonyl (C=O) groups is 4. The topological polar surface area (TPSA) is 86.8 Å². The minimum atomic E-state index is -0.340. The molecule has 1 N–H and O–H groups in total. The van der Waals surface area contributed by atoms with E-state index >= 15 is 0 Å². The maximum absolute atomic E-state index is 12.3. The Balaban J connectivity index is 1.42. The lowest BCUT2D eigenvalue weighted by molar-refractivity contribution is -0.132. The molecular weight excluding hydrogens is 358 g/mol. The summed E-state index contributed by atoms with van der Waals surface area (Å²) in [5.74, 6) is -0.663. The summed E-state index contributed by atoms with van der Waals surface area (Å²) in [5.41, 5.74) is 0.793. The van der Waals surface area contributed by atoms with E-state index in [9.17, 15) is 19.2 Å². The zero-order valence-electron chi connectivity index (χ0n) is 16.3. The largest absolute Gasteiger partial charge is 0.353 e. The van der Waals surface area contributed by atoms with Crippen LogP contribution < -0.4 is 5.32 Å². The molecule has 1 fully saturated rings. The van der Waals surface area contributed by atoms with Crippen molar-refractivity contribution in [1.82, 2.24) is 15.1 Å². The van der Waals surface area contributed by atoms with Gasteiger partial charge in [0.2, 0.25) is 11.8 Å². The number of likely N-dealkylation sites (tertiary alicyclic amines) is 1. The second kappa shape index (κ2) is 8.99. The van der Waals surface area contributed by atoms with Gasteiger partial charge in [-0.15, -0.1) is 0 Å². The van der Waals surface area contributed by atoms with Gasteiger partial charge in [-0.2, -0.15) is 0 Å². The van der Waals surface area contributed by atoms with Crippen molar-refractivity contribution >= 4 is 23.6 Å². The fraction of sp³-hybridized carbons (Fsp3) is 0.524. The summed E-state index contributed by atoms with van der Waals surface area (Å²) in [4.78, 5) is 52.0. The zero-order valence-corrected chi connectivity index (χ0v) is 16.3. The van der Waals surface area contributed by atoms with Gasteiger partial charge in [-0.1, -0.05) is 25.5 Å². The molecule has 7 nitrogen and oxygen atoms in total. The van der Waals surface area contributed by atoms with Gasteiger partial charge in [-0.3, -0.25) is 24.1 Å². The van der Waals surface area contributed by atoms with Gasteiger partial charge in [-0.25, -0.2) is 0 Å². The van der Waals surface area contributed by atoms with E-state index in [0.717, 1.165) is 30.6 Å². The second-order valence-corrected chi connectivity index (χ2v) is 7.38. The third kappa shape index (κ3) is 4.40. The molecule has 0 unspecified atom stereocenters. The molecule has 0 aliphatic carbocycles. The lowest BCUT2D eigenvalue weighted by atomic mass is 10.0. The normalized spacial score (nSPS) is 17.0. The van der Waals surface area contributed by atoms with Gasteiger partial charge < -0.3 is 10.2 Å². The molecule has 2 heterocycles. The van der Waals surface area contributed by atoms with Crippen LogP contribution >= 0.6 is 0 Å². The Kier molecular flexibility index (Phi) is 6.44. The number of benzene rings is 1. The smallest absolute Gasteiger partial charge is 0.261 e. The van der Waals surface area contributed by atoms with Gasteiger partial charge in [0.05, 0.1) is 11.1 Å². The molecule has 28 heavy (non-hydrogen) atoms. The number of piperidine rings is 1. The minimum absolute atomic E-state index is 0.0323. The summed E-state index contributed by atoms with van der Waals surface area (Å²) in [5, 5.41) is 2.97. The first-order valence-electron chi connectivity index (χ1n) is 10.0. The highest BCUT2D eigenvalue weighted by atomic mass is 16.2. The van der Waals surface area contributed by atoms with E-state index in [0.29, 0.717) is 30.6 Å². The van der Waals surface area contributed by atoms with Crippen molar-refractivity contribution in [2.45, 2.75) is 51.5 Å². The van der Waals surface area contributed by atoms with Crippen molar-refractivity contribution in [3.8, 4) is 0 Å². The van der Waals surface area contributed by atoms with Crippen LogP contribution in [-0.4, -0.2) is 59.1 Å². The average molecular weight is 385 g/mol. The van der Waals surface area contributed by atoms with Gasteiger partial charge in [0.1, 0.15) is 0 Å². The first kappa shape index (κ1) is 20.0. The predicted molar refractivity (Wildman–Crippen MR) is 104 cm³/mol. The molecule has 0 saturated carbocycles. The molecule has 1 saturated heterocycles. The van der Waals surface area contributed by atoms with E-state index in [4.69, 9.17) is 0 Å². The second-order valence-electron chi connectivity index (χ2n) is 7.38. The molecule has 2 aliphatic rings. The molecule has 4 amide bonds. The molecule has 1 aromatic rings. The van der Waals surface area contributed by atoms with Crippen molar-refractivity contribution < 1.29 is 19.2 Å². The summed E-state index contributed by atoms with van der Waals surface area (Å²) >= 11 is 0. The van der Waals surface area contributed by atoms with Crippen molar-refractivity contribution in [2.75, 3.05) is 19.6 Å². The van der Waals surface area contributed by atoms with Crippen LogP contribution in [-0.2, 0) is 9.59 Å². The van der Waals surface area contributed by atoms with Gasteiger partial charge in [0.15, 0.2) is 0 Å². The maximum Gasteiger partial charge on any atom is 0.261 e. The highest BCUT2D eigenvalue weighted by Crippen LogP contribution is 2.22. The van der Waals surface area contributed by atoms with E-state index in [2.05, 4.69) is 12.2 Å². The van der Waals surface area contributed by atoms with Crippen LogP contribution in [0.5, 0.6) is 0 Å². The summed E-state index contributed by atoms with van der Waals surface area (Å²) in [6.07, 6.45) is 4.06. The molecule has 2 aliphatic heterocycles. The molecule has 0 spiro atoms. The zero-order chi connectivity index (χ0) is 20.1. The van der Waals surface area contributed by atoms with E-state index in [1.54, 1.807) is 24.3 Å². The highest BCUT2D eigenvalue weighted by molar-refractivity contribution is 6.21. The molecule has 0 radical (unpaired) electrons. The van der Waals surface area contributed by atoms with Gasteiger partial charge >= 0.3 is 0 Å². The number of rotatable bonds is 7. The number of fused-ring (bicyclic) bond motifs is 1. The minimum Gasteiger partial charge on any atom is -0.353 e. The molecule has 3 rings (SSSR count). The number of nitrogens with zero attached hydrogens (tertiary/aromatic N) is 2. The number of hydrogen-bond acceptors (Lipinski definition) is 4. The molecule has 0 atom stereocenters. The Hall–Kier alpha value is -2.70. The van der Waals surface area contributed by atoms with Crippen LogP contribution in [0.15, 0.2) is 24.3 Å². The van der Waals surface area contributed by atoms with Gasteiger partial charge in [-0.05, 0) is 31.4 Å². The molecule has 0 bridgehead atoms. The summed E-state index contributed by atoms with van der Waals surface area (Å²) in [6.45, 7) is 3.46. The number of unbranched alkanes of at least 4 members (excludes halogenated alkanes) is 1. The predicted octanol–water partition coefficient (Wildman–Crippen LogP) is 1.97. The van der Waals surface area contributed by atoms with Crippen molar-refractivity contribution in [3.05, 3.63) is 35.4 Å². The number of nitrogens with one attached hydrogen (secondary N) is 1. The third-order valence-corrected chi connectivity index (χ3v) is 5.40. The van der Waals surface area contributed by atoms with Crippen molar-refractivity contribution in [3.63, 3.8) is 0 Å². The van der Waals surface area contributed by atoms with Gasteiger partial charge in [0, 0.05) is 38.5 Å². The summed E-state index contributed by atoms with van der Waals surface area (Å²) in [6, 6.07) is 6.74. The molecule has 0 aromatic heterocycles. The van der Waals surface area contributed by atoms with E-state index in [1.165, 1.54) is 0 Å². The molecular formula is C21H27N3O4. The Bertz CT molecular complexity index is 734. The van der Waals surface area contributed by atoms with E-state index in [1.807, 2.05) is 4.90 Å². The molecule has 7 heteroatoms. The van der Waals surface area contributed by atoms with Crippen LogP contribution in [0, 0.1) is 0 Å². The van der Waals surface area contributed by atoms with Crippen molar-refractivity contribution in [1.29, 1.82) is 0 Å². The standard InChI is InChI=1S/C21H27N3O4/c1-2-3-8-19(26)23-12-9-15(10-13-23)22-18(25)11-14-24-20(27)16-6-4-5-7-17(16)21(24)28/h4-7,15H,2-3,8-14H2,1H3,(H,22,25). The number of carbonyl (C=O) groups excluding carboxylic acids is 4. The number of imide groups is 1. The van der Waals surface area contributed by atoms with Crippen molar-refractivity contribution in [2.24, 2.45) is 0 Å². The van der Waals surface area contributed by atoms with Crippen LogP contribution in [0.1, 0.15) is 66.2 Å². The monoisotopic (exact) mass is 385 g/mol. The fourth-order valence-corrected chi connectivity index (χ4v) is 3.71. The first-order chi connectivity index (χ1) is 13.5. The maximum atomic E-state index is 12.3. The fourth-order valence-electron chi connectivity index (χ4n) is 3.71. The summed E-state index contributed by atoms with van der Waals surface area (Å²) < 4.78 is 0. The lowest BCUT2D eigenvalue weighted by Crippen LogP contribution is -2.47. The summed E-state index contributed by atoms with van der Waals surface area (Å²) in [7, 11) is 0. The average Bonchev–Trinajstić information content (AvgIpc) is 2.95. The lowest BCUT2D eigenvalue weighted by Gasteiger charge is -2.32. The Morgan fingerprint density at radius 1 is 1.04 bits per heavy atom. The van der Waals surface area contributed by atoms with E-state index in [-0.39, 0.29) is 42.6 Å². The number of hydrogen-bond donors (Lipinski definition) is 1.